The van der Waals surface area contributed by atoms with E-state index in [1.54, 1.807) is 0 Å². The van der Waals surface area contributed by atoms with E-state index in [0.717, 1.165) is 19.3 Å². The van der Waals surface area contributed by atoms with Gasteiger partial charge in [-0.1, -0.05) is 19.3 Å². The fourth-order valence-corrected chi connectivity index (χ4v) is 2.58. The van der Waals surface area contributed by atoms with Crippen molar-refractivity contribution in [2.75, 3.05) is 13.2 Å². The molecule has 0 radical (unpaired) electrons. The normalized spacial score (nSPS) is 13.7. The fourth-order valence-electron chi connectivity index (χ4n) is 1.35. The van der Waals surface area contributed by atoms with Crippen molar-refractivity contribution in [3.63, 3.8) is 0 Å². The maximum absolute atomic E-state index is 11.9. The van der Waals surface area contributed by atoms with Gasteiger partial charge in [0.2, 0.25) is 0 Å². The van der Waals surface area contributed by atoms with Crippen LogP contribution < -0.4 is 0 Å². The molecule has 4 nitrogen and oxygen atoms in total. The first-order valence-electron chi connectivity index (χ1n) is 6.55. The summed E-state index contributed by atoms with van der Waals surface area (Å²) in [5.74, 6) is 0. The van der Waals surface area contributed by atoms with Crippen molar-refractivity contribution in [2.45, 2.75) is 57.3 Å². The van der Waals surface area contributed by atoms with Gasteiger partial charge in [-0.2, -0.15) is 21.6 Å². The molecule has 0 atom stereocenters. The van der Waals surface area contributed by atoms with Gasteiger partial charge in [0.25, 0.3) is 0 Å². The Morgan fingerprint density at radius 2 is 1.35 bits per heavy atom. The third kappa shape index (κ3) is 9.73. The number of alkyl halides is 3. The van der Waals surface area contributed by atoms with E-state index in [2.05, 4.69) is 23.8 Å². The monoisotopic (exact) mass is 336 g/mol. The number of unbranched alkanes of at least 4 members (excludes halogenated alkanes) is 4. The number of hydrogen-bond acceptors (Lipinski definition) is 4. The topological polar surface area (TPSA) is 52.6 Å². The molecule has 0 saturated heterocycles. The molecule has 0 N–H and O–H groups in total. The zero-order chi connectivity index (χ0) is 15.9. The van der Waals surface area contributed by atoms with Crippen LogP contribution in [0.1, 0.15) is 32.1 Å². The average Bonchev–Trinajstić information content (AvgIpc) is 2.23. The van der Waals surface area contributed by atoms with Crippen LogP contribution in [0, 0.1) is 0 Å². The van der Waals surface area contributed by atoms with Gasteiger partial charge in [0.1, 0.15) is 0 Å². The van der Waals surface area contributed by atoms with E-state index >= 15 is 0 Å². The third-order valence-electron chi connectivity index (χ3n) is 2.35. The van der Waals surface area contributed by atoms with Crippen LogP contribution >= 0.6 is 0 Å². The molecule has 0 unspecified atom stereocenters. The predicted octanol–water partition coefficient (Wildman–Crippen LogP) is 3.65. The Labute approximate surface area is 119 Å². The van der Waals surface area contributed by atoms with Crippen molar-refractivity contribution < 1.29 is 30.2 Å². The zero-order valence-electron chi connectivity index (χ0n) is 12.1. The summed E-state index contributed by atoms with van der Waals surface area (Å²) in [6.07, 6.45) is 3.58. The minimum absolute atomic E-state index is 0.296. The van der Waals surface area contributed by atoms with Gasteiger partial charge in [-0.05, 0) is 32.5 Å². The van der Waals surface area contributed by atoms with Gasteiger partial charge in [0.15, 0.2) is 8.32 Å². The Balaban J connectivity index is 3.51. The molecule has 0 aliphatic heterocycles. The highest BCUT2D eigenvalue weighted by molar-refractivity contribution is 7.87. The van der Waals surface area contributed by atoms with E-state index in [1.807, 2.05) is 0 Å². The second-order valence-electron chi connectivity index (χ2n) is 5.45. The molecule has 0 saturated carbocycles. The highest BCUT2D eigenvalue weighted by Crippen LogP contribution is 2.24. The standard InChI is InChI=1S/C11H23F3O4SSi/c1-20(2,3)18-10-8-6-4-5-7-9-17-19(15,16)11(12,13)14/h4-10H2,1-3H3. The molecule has 0 amide bonds. The molecule has 0 spiro atoms. The molecule has 122 valence electrons. The summed E-state index contributed by atoms with van der Waals surface area (Å²) in [6.45, 7) is 6.59. The van der Waals surface area contributed by atoms with Crippen molar-refractivity contribution in [3.8, 4) is 0 Å². The van der Waals surface area contributed by atoms with Gasteiger partial charge in [-0.3, -0.25) is 4.18 Å². The van der Waals surface area contributed by atoms with Crippen LogP contribution in [0.3, 0.4) is 0 Å². The molecular weight excluding hydrogens is 313 g/mol. The quantitative estimate of drug-likeness (QED) is 0.264. The third-order valence-corrected chi connectivity index (χ3v) is 4.46. The van der Waals surface area contributed by atoms with E-state index in [9.17, 15) is 21.6 Å². The Morgan fingerprint density at radius 3 is 1.80 bits per heavy atom. The van der Waals surface area contributed by atoms with Crippen molar-refractivity contribution >= 4 is 18.4 Å². The molecule has 0 rings (SSSR count). The summed E-state index contributed by atoms with van der Waals surface area (Å²) in [4.78, 5) is 0. The minimum Gasteiger partial charge on any atom is -0.418 e. The van der Waals surface area contributed by atoms with Crippen LogP contribution in [0.4, 0.5) is 13.2 Å². The lowest BCUT2D eigenvalue weighted by atomic mass is 10.2. The predicted molar refractivity (Wildman–Crippen MR) is 73.3 cm³/mol. The molecule has 0 aromatic rings. The zero-order valence-corrected chi connectivity index (χ0v) is 13.9. The van der Waals surface area contributed by atoms with Crippen LogP contribution in [0.25, 0.3) is 0 Å². The summed E-state index contributed by atoms with van der Waals surface area (Å²) in [6, 6.07) is 0. The van der Waals surface area contributed by atoms with Crippen LogP contribution in [0.2, 0.25) is 19.6 Å². The SMILES string of the molecule is C[Si](C)(C)OCCCCCCCOS(=O)(=O)C(F)(F)F. The van der Waals surface area contributed by atoms with Gasteiger partial charge in [0, 0.05) is 6.61 Å². The average molecular weight is 336 g/mol. The van der Waals surface area contributed by atoms with E-state index in [4.69, 9.17) is 4.43 Å². The van der Waals surface area contributed by atoms with Gasteiger partial charge < -0.3 is 4.43 Å². The molecule has 0 heterocycles. The molecule has 9 heteroatoms. The highest BCUT2D eigenvalue weighted by Gasteiger charge is 2.47. The van der Waals surface area contributed by atoms with E-state index in [1.165, 1.54) is 0 Å². The minimum atomic E-state index is -5.43. The van der Waals surface area contributed by atoms with Gasteiger partial charge in [-0.15, -0.1) is 0 Å². The van der Waals surface area contributed by atoms with Crippen LogP contribution in [-0.4, -0.2) is 35.5 Å². The Hall–Kier alpha value is -0.123. The summed E-state index contributed by atoms with van der Waals surface area (Å²) in [5, 5.41) is 0. The fraction of sp³-hybridized carbons (Fsp3) is 1.00. The van der Waals surface area contributed by atoms with Gasteiger partial charge >= 0.3 is 15.6 Å². The van der Waals surface area contributed by atoms with E-state index in [-0.39, 0.29) is 0 Å². The maximum atomic E-state index is 11.9. The Morgan fingerprint density at radius 1 is 0.900 bits per heavy atom. The number of rotatable bonds is 10. The van der Waals surface area contributed by atoms with Crippen molar-refractivity contribution in [3.05, 3.63) is 0 Å². The Kier molecular flexibility index (Phi) is 8.30. The molecule has 0 aliphatic carbocycles. The summed E-state index contributed by atoms with van der Waals surface area (Å²) in [7, 11) is -6.90. The summed E-state index contributed by atoms with van der Waals surface area (Å²) < 4.78 is 66.4. The molecule has 0 aromatic carbocycles. The first kappa shape index (κ1) is 19.9. The van der Waals surface area contributed by atoms with E-state index in [0.29, 0.717) is 19.4 Å². The molecule has 0 aromatic heterocycles. The molecule has 20 heavy (non-hydrogen) atoms. The van der Waals surface area contributed by atoms with Crippen molar-refractivity contribution in [1.82, 2.24) is 0 Å². The lowest BCUT2D eigenvalue weighted by Crippen LogP contribution is -2.26. The van der Waals surface area contributed by atoms with Crippen molar-refractivity contribution in [2.24, 2.45) is 0 Å². The second-order valence-corrected chi connectivity index (χ2v) is 11.6. The molecular formula is C11H23F3O4SSi. The van der Waals surface area contributed by atoms with Crippen LogP contribution in [-0.2, 0) is 18.7 Å². The second kappa shape index (κ2) is 8.35. The van der Waals surface area contributed by atoms with Crippen LogP contribution in [0.15, 0.2) is 0 Å². The van der Waals surface area contributed by atoms with Gasteiger partial charge in [0.05, 0.1) is 6.61 Å². The van der Waals surface area contributed by atoms with E-state index < -0.39 is 30.6 Å². The molecule has 0 bridgehead atoms. The summed E-state index contributed by atoms with van der Waals surface area (Å²) >= 11 is 0. The summed E-state index contributed by atoms with van der Waals surface area (Å²) in [5.41, 5.74) is -5.33. The number of hydrogen-bond donors (Lipinski definition) is 0. The smallest absolute Gasteiger partial charge is 0.418 e. The van der Waals surface area contributed by atoms with Gasteiger partial charge in [-0.25, -0.2) is 0 Å². The Bertz CT molecular complexity index is 363. The van der Waals surface area contributed by atoms with Crippen LogP contribution in [0.5, 0.6) is 0 Å². The molecule has 0 aliphatic rings. The maximum Gasteiger partial charge on any atom is 0.523 e. The lowest BCUT2D eigenvalue weighted by Gasteiger charge is -2.16. The number of halogens is 3. The van der Waals surface area contributed by atoms with Crippen molar-refractivity contribution in [1.29, 1.82) is 0 Å². The first-order valence-corrected chi connectivity index (χ1v) is 11.4. The lowest BCUT2D eigenvalue weighted by molar-refractivity contribution is -0.0542. The first-order chi connectivity index (χ1) is 8.96. The largest absolute Gasteiger partial charge is 0.523 e. The highest BCUT2D eigenvalue weighted by atomic mass is 32.2. The molecule has 0 fully saturated rings.